The quantitative estimate of drug-likeness (QED) is 0.927. The third-order valence-corrected chi connectivity index (χ3v) is 4.15. The number of nitrogens with zero attached hydrogens (tertiary/aromatic N) is 2. The zero-order chi connectivity index (χ0) is 15.4. The van der Waals surface area contributed by atoms with Crippen LogP contribution in [0.25, 0.3) is 0 Å². The molecule has 1 amide bonds. The minimum atomic E-state index is 0.148. The predicted molar refractivity (Wildman–Crippen MR) is 87.9 cm³/mol. The van der Waals surface area contributed by atoms with Gasteiger partial charge in [-0.15, -0.1) is 0 Å². The minimum absolute atomic E-state index is 0.148. The maximum Gasteiger partial charge on any atom is 0.253 e. The number of hydrogen-bond acceptors (Lipinski definition) is 3. The third kappa shape index (κ3) is 3.97. The SMILES string of the molecule is CC(C)C1CN(C(=O)c2ccc(N(C)C)cc2)CCCN1. The van der Waals surface area contributed by atoms with E-state index in [-0.39, 0.29) is 5.91 Å². The summed E-state index contributed by atoms with van der Waals surface area (Å²) in [4.78, 5) is 16.7. The van der Waals surface area contributed by atoms with E-state index >= 15 is 0 Å². The maximum absolute atomic E-state index is 12.7. The summed E-state index contributed by atoms with van der Waals surface area (Å²) < 4.78 is 0. The predicted octanol–water partition coefficient (Wildman–Crippen LogP) is 2.21. The summed E-state index contributed by atoms with van der Waals surface area (Å²) in [6, 6.07) is 8.25. The van der Waals surface area contributed by atoms with Crippen molar-refractivity contribution >= 4 is 11.6 Å². The topological polar surface area (TPSA) is 35.6 Å². The van der Waals surface area contributed by atoms with E-state index in [0.29, 0.717) is 12.0 Å². The van der Waals surface area contributed by atoms with Gasteiger partial charge in [0.05, 0.1) is 0 Å². The number of hydrogen-bond donors (Lipinski definition) is 1. The van der Waals surface area contributed by atoms with Gasteiger partial charge in [0, 0.05) is 44.5 Å². The Morgan fingerprint density at radius 3 is 2.52 bits per heavy atom. The molecule has 4 nitrogen and oxygen atoms in total. The zero-order valence-corrected chi connectivity index (χ0v) is 13.6. The van der Waals surface area contributed by atoms with E-state index in [9.17, 15) is 4.79 Å². The van der Waals surface area contributed by atoms with Crippen LogP contribution in [0.3, 0.4) is 0 Å². The summed E-state index contributed by atoms with van der Waals surface area (Å²) in [7, 11) is 4.01. The van der Waals surface area contributed by atoms with E-state index < -0.39 is 0 Å². The molecule has 1 aromatic rings. The number of anilines is 1. The van der Waals surface area contributed by atoms with Crippen molar-refractivity contribution in [1.29, 1.82) is 0 Å². The molecule has 4 heteroatoms. The monoisotopic (exact) mass is 289 g/mol. The van der Waals surface area contributed by atoms with E-state index in [2.05, 4.69) is 19.2 Å². The molecule has 1 aromatic carbocycles. The molecule has 1 saturated heterocycles. The van der Waals surface area contributed by atoms with E-state index in [1.165, 1.54) is 0 Å². The first kappa shape index (κ1) is 15.8. The summed E-state index contributed by atoms with van der Waals surface area (Å²) >= 11 is 0. The van der Waals surface area contributed by atoms with E-state index in [4.69, 9.17) is 0 Å². The second kappa shape index (κ2) is 6.94. The molecule has 1 aliphatic rings. The van der Waals surface area contributed by atoms with Crippen LogP contribution in [-0.2, 0) is 0 Å². The van der Waals surface area contributed by atoms with Gasteiger partial charge in [-0.1, -0.05) is 13.8 Å². The van der Waals surface area contributed by atoms with Gasteiger partial charge in [0.25, 0.3) is 5.91 Å². The lowest BCUT2D eigenvalue weighted by molar-refractivity contribution is 0.0745. The molecule has 0 radical (unpaired) electrons. The molecule has 0 aliphatic carbocycles. The Morgan fingerprint density at radius 1 is 1.29 bits per heavy atom. The second-order valence-electron chi connectivity index (χ2n) is 6.35. The fourth-order valence-electron chi connectivity index (χ4n) is 2.67. The molecule has 1 atom stereocenters. The van der Waals surface area contributed by atoms with Gasteiger partial charge in [-0.25, -0.2) is 0 Å². The van der Waals surface area contributed by atoms with Crippen LogP contribution in [-0.4, -0.2) is 50.6 Å². The van der Waals surface area contributed by atoms with Crippen LogP contribution >= 0.6 is 0 Å². The first-order valence-electron chi connectivity index (χ1n) is 7.79. The van der Waals surface area contributed by atoms with Crippen molar-refractivity contribution in [3.63, 3.8) is 0 Å². The Balaban J connectivity index is 2.10. The summed E-state index contributed by atoms with van der Waals surface area (Å²) in [5, 5.41) is 3.54. The van der Waals surface area contributed by atoms with Crippen molar-refractivity contribution in [2.45, 2.75) is 26.3 Å². The van der Waals surface area contributed by atoms with E-state index in [1.54, 1.807) is 0 Å². The zero-order valence-electron chi connectivity index (χ0n) is 13.6. The highest BCUT2D eigenvalue weighted by molar-refractivity contribution is 5.94. The number of carbonyl (C=O) groups excluding carboxylic acids is 1. The molecule has 1 N–H and O–H groups in total. The molecule has 2 rings (SSSR count). The highest BCUT2D eigenvalue weighted by Gasteiger charge is 2.24. The lowest BCUT2D eigenvalue weighted by atomic mass is 10.0. The summed E-state index contributed by atoms with van der Waals surface area (Å²) in [6.07, 6.45) is 1.02. The lowest BCUT2D eigenvalue weighted by Crippen LogP contribution is -2.43. The molecule has 21 heavy (non-hydrogen) atoms. The van der Waals surface area contributed by atoms with Crippen LogP contribution < -0.4 is 10.2 Å². The third-order valence-electron chi connectivity index (χ3n) is 4.15. The molecule has 1 aliphatic heterocycles. The van der Waals surface area contributed by atoms with Crippen LogP contribution in [0.15, 0.2) is 24.3 Å². The number of carbonyl (C=O) groups is 1. The van der Waals surface area contributed by atoms with Crippen molar-refractivity contribution < 1.29 is 4.79 Å². The van der Waals surface area contributed by atoms with E-state index in [1.807, 2.05) is 48.2 Å². The van der Waals surface area contributed by atoms with Crippen molar-refractivity contribution in [2.75, 3.05) is 38.6 Å². The molecule has 0 aromatic heterocycles. The molecule has 0 spiro atoms. The van der Waals surface area contributed by atoms with Crippen molar-refractivity contribution in [1.82, 2.24) is 10.2 Å². The van der Waals surface area contributed by atoms with Gasteiger partial charge in [-0.2, -0.15) is 0 Å². The van der Waals surface area contributed by atoms with Gasteiger partial charge < -0.3 is 15.1 Å². The smallest absolute Gasteiger partial charge is 0.253 e. The standard InChI is InChI=1S/C17H27N3O/c1-13(2)16-12-20(11-5-10-18-16)17(21)14-6-8-15(9-7-14)19(3)4/h6-9,13,16,18H,5,10-12H2,1-4H3. The van der Waals surface area contributed by atoms with Crippen molar-refractivity contribution in [3.05, 3.63) is 29.8 Å². The average Bonchev–Trinajstić information content (AvgIpc) is 2.72. The highest BCUT2D eigenvalue weighted by atomic mass is 16.2. The molecule has 1 unspecified atom stereocenters. The summed E-state index contributed by atoms with van der Waals surface area (Å²) in [6.45, 7) is 7.04. The Kier molecular flexibility index (Phi) is 5.23. The fourth-order valence-corrected chi connectivity index (χ4v) is 2.67. The Bertz CT molecular complexity index is 467. The molecule has 0 saturated carbocycles. The molecule has 0 bridgehead atoms. The number of amides is 1. The molecule has 1 fully saturated rings. The normalized spacial score (nSPS) is 19.5. The van der Waals surface area contributed by atoms with Gasteiger partial charge in [-0.3, -0.25) is 4.79 Å². The van der Waals surface area contributed by atoms with Crippen LogP contribution in [0.2, 0.25) is 0 Å². The average molecular weight is 289 g/mol. The fraction of sp³-hybridized carbons (Fsp3) is 0.588. The van der Waals surface area contributed by atoms with Gasteiger partial charge in [0.15, 0.2) is 0 Å². The maximum atomic E-state index is 12.7. The molecular weight excluding hydrogens is 262 g/mol. The van der Waals surface area contributed by atoms with Gasteiger partial charge in [0.1, 0.15) is 0 Å². The first-order chi connectivity index (χ1) is 9.99. The second-order valence-corrected chi connectivity index (χ2v) is 6.35. The highest BCUT2D eigenvalue weighted by Crippen LogP contribution is 2.16. The molecule has 116 valence electrons. The first-order valence-corrected chi connectivity index (χ1v) is 7.79. The Hall–Kier alpha value is -1.55. The van der Waals surface area contributed by atoms with E-state index in [0.717, 1.165) is 37.3 Å². The van der Waals surface area contributed by atoms with Gasteiger partial charge in [-0.05, 0) is 43.1 Å². The van der Waals surface area contributed by atoms with Gasteiger partial charge in [0.2, 0.25) is 0 Å². The Labute approximate surface area is 128 Å². The summed E-state index contributed by atoms with van der Waals surface area (Å²) in [5.41, 5.74) is 1.90. The largest absolute Gasteiger partial charge is 0.378 e. The van der Waals surface area contributed by atoms with Crippen molar-refractivity contribution in [3.8, 4) is 0 Å². The van der Waals surface area contributed by atoms with Crippen LogP contribution in [0.5, 0.6) is 0 Å². The molecular formula is C17H27N3O. The lowest BCUT2D eigenvalue weighted by Gasteiger charge is -2.27. The van der Waals surface area contributed by atoms with Crippen molar-refractivity contribution in [2.24, 2.45) is 5.92 Å². The molecule has 1 heterocycles. The van der Waals surface area contributed by atoms with Crippen LogP contribution in [0.1, 0.15) is 30.6 Å². The number of rotatable bonds is 3. The summed E-state index contributed by atoms with van der Waals surface area (Å²) in [5.74, 6) is 0.684. The van der Waals surface area contributed by atoms with Crippen LogP contribution in [0, 0.1) is 5.92 Å². The van der Waals surface area contributed by atoms with Gasteiger partial charge >= 0.3 is 0 Å². The minimum Gasteiger partial charge on any atom is -0.378 e. The number of benzene rings is 1. The number of nitrogens with one attached hydrogen (secondary N) is 1. The van der Waals surface area contributed by atoms with Crippen LogP contribution in [0.4, 0.5) is 5.69 Å². The Morgan fingerprint density at radius 2 is 1.95 bits per heavy atom.